The molecule has 0 bridgehead atoms. The lowest BCUT2D eigenvalue weighted by molar-refractivity contribution is -0.137. The molecule has 14 heteroatoms. The third kappa shape index (κ3) is 5.60. The van der Waals surface area contributed by atoms with Gasteiger partial charge >= 0.3 is 11.9 Å². The fraction of sp³-hybridized carbons (Fsp3) is 0.483. The SMILES string of the molecule is CC(=O)N1CCN(c2nc(=O)n3c4c(c(-c5ccc(F)cc5F)c(C(F)(F)F)cc24)SCC3CN2CCN(C)CC2)CC1. The molecule has 2 fully saturated rings. The van der Waals surface area contributed by atoms with E-state index >= 15 is 4.39 Å². The molecule has 3 aliphatic rings. The maximum atomic E-state index is 15.2. The summed E-state index contributed by atoms with van der Waals surface area (Å²) in [7, 11) is 2.03. The van der Waals surface area contributed by atoms with Crippen LogP contribution in [0.3, 0.4) is 0 Å². The van der Waals surface area contributed by atoms with Gasteiger partial charge in [0.05, 0.1) is 17.1 Å². The molecule has 3 aromatic rings. The molecule has 0 spiro atoms. The van der Waals surface area contributed by atoms with E-state index in [2.05, 4.69) is 14.8 Å². The molecule has 1 atom stereocenters. The highest BCUT2D eigenvalue weighted by Gasteiger charge is 2.40. The van der Waals surface area contributed by atoms with E-state index in [1.165, 1.54) is 11.5 Å². The minimum atomic E-state index is -4.89. The molecule has 2 aromatic carbocycles. The summed E-state index contributed by atoms with van der Waals surface area (Å²) in [4.78, 5) is 38.0. The number of carbonyl (C=O) groups is 1. The number of hydrogen-bond donors (Lipinski definition) is 0. The number of piperazine rings is 2. The Morgan fingerprint density at radius 1 is 1.02 bits per heavy atom. The van der Waals surface area contributed by atoms with E-state index in [0.29, 0.717) is 25.7 Å². The topological polar surface area (TPSA) is 64.9 Å². The highest BCUT2D eigenvalue weighted by molar-refractivity contribution is 7.99. The summed E-state index contributed by atoms with van der Waals surface area (Å²) in [5.41, 5.74) is -2.20. The molecule has 6 rings (SSSR count). The maximum absolute atomic E-state index is 15.2. The van der Waals surface area contributed by atoms with Crippen LogP contribution in [0.4, 0.5) is 27.8 Å². The second kappa shape index (κ2) is 11.4. The number of anilines is 1. The van der Waals surface area contributed by atoms with Gasteiger partial charge < -0.3 is 14.7 Å². The summed E-state index contributed by atoms with van der Waals surface area (Å²) in [6, 6.07) is 3.08. The number of nitrogens with zero attached hydrogens (tertiary/aromatic N) is 6. The van der Waals surface area contributed by atoms with Crippen LogP contribution in [-0.2, 0) is 11.0 Å². The molecule has 2 saturated heterocycles. The molecule has 8 nitrogen and oxygen atoms in total. The number of aromatic nitrogens is 2. The van der Waals surface area contributed by atoms with Crippen LogP contribution in [0.5, 0.6) is 0 Å². The van der Waals surface area contributed by atoms with Crippen LogP contribution in [-0.4, -0.2) is 102 Å². The number of likely N-dealkylation sites (N-methyl/N-ethyl adjacent to an activating group) is 1. The molecule has 0 aliphatic carbocycles. The van der Waals surface area contributed by atoms with Gasteiger partial charge in [0.15, 0.2) is 0 Å². The highest BCUT2D eigenvalue weighted by atomic mass is 32.2. The van der Waals surface area contributed by atoms with Crippen molar-refractivity contribution in [3.05, 3.63) is 51.9 Å². The average molecular weight is 623 g/mol. The van der Waals surface area contributed by atoms with Crippen LogP contribution in [0, 0.1) is 11.6 Å². The van der Waals surface area contributed by atoms with Crippen molar-refractivity contribution in [2.75, 3.05) is 76.6 Å². The Balaban J connectivity index is 1.58. The molecule has 1 aromatic heterocycles. The lowest BCUT2D eigenvalue weighted by atomic mass is 9.95. The lowest BCUT2D eigenvalue weighted by Crippen LogP contribution is -2.49. The zero-order chi connectivity index (χ0) is 30.6. The number of benzene rings is 2. The zero-order valence-corrected chi connectivity index (χ0v) is 24.6. The number of halogens is 5. The molecular weight excluding hydrogens is 591 g/mol. The number of thioether (sulfide) groups is 1. The van der Waals surface area contributed by atoms with Crippen molar-refractivity contribution in [2.24, 2.45) is 0 Å². The summed E-state index contributed by atoms with van der Waals surface area (Å²) in [5.74, 6) is -1.75. The number of amides is 1. The zero-order valence-electron chi connectivity index (χ0n) is 23.8. The molecule has 1 amide bonds. The predicted octanol–water partition coefficient (Wildman–Crippen LogP) is 3.92. The van der Waals surface area contributed by atoms with E-state index in [4.69, 9.17) is 0 Å². The maximum Gasteiger partial charge on any atom is 0.417 e. The van der Waals surface area contributed by atoms with E-state index in [0.717, 1.165) is 56.1 Å². The predicted molar refractivity (Wildman–Crippen MR) is 155 cm³/mol. The summed E-state index contributed by atoms with van der Waals surface area (Å²) in [6.07, 6.45) is -4.89. The second-order valence-corrected chi connectivity index (χ2v) is 12.3. The molecule has 3 aliphatic heterocycles. The Kier molecular flexibility index (Phi) is 7.88. The quantitative estimate of drug-likeness (QED) is 0.409. The van der Waals surface area contributed by atoms with Crippen molar-refractivity contribution >= 4 is 34.4 Å². The normalized spacial score (nSPS) is 20.2. The molecule has 0 saturated carbocycles. The van der Waals surface area contributed by atoms with Gasteiger partial charge in [-0.05, 0) is 25.2 Å². The first-order chi connectivity index (χ1) is 20.4. The smallest absolute Gasteiger partial charge is 0.352 e. The van der Waals surface area contributed by atoms with E-state index < -0.39 is 34.6 Å². The van der Waals surface area contributed by atoms with Crippen LogP contribution in [0.2, 0.25) is 0 Å². The van der Waals surface area contributed by atoms with Crippen LogP contribution in [0.25, 0.3) is 22.0 Å². The Labute approximate surface area is 249 Å². The van der Waals surface area contributed by atoms with Crippen molar-refractivity contribution in [3.8, 4) is 11.1 Å². The molecule has 0 N–H and O–H groups in total. The monoisotopic (exact) mass is 622 g/mol. The van der Waals surface area contributed by atoms with Gasteiger partial charge in [0.2, 0.25) is 5.91 Å². The largest absolute Gasteiger partial charge is 0.417 e. The van der Waals surface area contributed by atoms with Gasteiger partial charge in [0, 0.05) is 99.1 Å². The average Bonchev–Trinajstić information content (AvgIpc) is 2.96. The Morgan fingerprint density at radius 3 is 2.35 bits per heavy atom. The van der Waals surface area contributed by atoms with Gasteiger partial charge in [-0.2, -0.15) is 18.2 Å². The number of carbonyl (C=O) groups excluding carboxylic acids is 1. The lowest BCUT2D eigenvalue weighted by Gasteiger charge is -2.38. The molecule has 0 radical (unpaired) electrons. The van der Waals surface area contributed by atoms with Crippen LogP contribution < -0.4 is 10.6 Å². The molecule has 4 heterocycles. The number of alkyl halides is 3. The minimum Gasteiger partial charge on any atom is -0.352 e. The van der Waals surface area contributed by atoms with Crippen LogP contribution >= 0.6 is 11.8 Å². The third-order valence-electron chi connectivity index (χ3n) is 8.53. The first-order valence-electron chi connectivity index (χ1n) is 14.1. The van der Waals surface area contributed by atoms with Crippen LogP contribution in [0.1, 0.15) is 18.5 Å². The summed E-state index contributed by atoms with van der Waals surface area (Å²) < 4.78 is 74.7. The van der Waals surface area contributed by atoms with E-state index in [9.17, 15) is 27.2 Å². The van der Waals surface area contributed by atoms with Gasteiger partial charge in [-0.15, -0.1) is 11.8 Å². The first kappa shape index (κ1) is 29.8. The van der Waals surface area contributed by atoms with Crippen molar-refractivity contribution < 1.29 is 26.7 Å². The Morgan fingerprint density at radius 2 is 1.72 bits per heavy atom. The third-order valence-corrected chi connectivity index (χ3v) is 9.76. The fourth-order valence-electron chi connectivity index (χ4n) is 6.21. The van der Waals surface area contributed by atoms with Gasteiger partial charge in [0.1, 0.15) is 17.5 Å². The van der Waals surface area contributed by atoms with Crippen molar-refractivity contribution in [3.63, 3.8) is 0 Å². The first-order valence-corrected chi connectivity index (χ1v) is 15.1. The summed E-state index contributed by atoms with van der Waals surface area (Å²) >= 11 is 1.15. The Bertz CT molecular complexity index is 1630. The fourth-order valence-corrected chi connectivity index (χ4v) is 7.53. The summed E-state index contributed by atoms with van der Waals surface area (Å²) in [6.45, 7) is 6.48. The number of rotatable bonds is 4. The van der Waals surface area contributed by atoms with Gasteiger partial charge in [-0.25, -0.2) is 13.6 Å². The summed E-state index contributed by atoms with van der Waals surface area (Å²) in [5, 5.41) is 0.139. The van der Waals surface area contributed by atoms with Crippen molar-refractivity contribution in [1.29, 1.82) is 0 Å². The second-order valence-electron chi connectivity index (χ2n) is 11.3. The van der Waals surface area contributed by atoms with E-state index in [1.807, 2.05) is 7.05 Å². The van der Waals surface area contributed by atoms with Crippen molar-refractivity contribution in [1.82, 2.24) is 24.3 Å². The molecular formula is C29H31F5N6O2S. The molecule has 1 unspecified atom stereocenters. The highest BCUT2D eigenvalue weighted by Crippen LogP contribution is 2.50. The van der Waals surface area contributed by atoms with Gasteiger partial charge in [-0.1, -0.05) is 0 Å². The number of hydrogen-bond acceptors (Lipinski definition) is 7. The van der Waals surface area contributed by atoms with Gasteiger partial charge in [-0.3, -0.25) is 14.3 Å². The van der Waals surface area contributed by atoms with Crippen LogP contribution in [0.15, 0.2) is 34.0 Å². The van der Waals surface area contributed by atoms with E-state index in [-0.39, 0.29) is 58.0 Å². The van der Waals surface area contributed by atoms with E-state index in [1.54, 1.807) is 9.80 Å². The molecule has 43 heavy (non-hydrogen) atoms. The minimum absolute atomic E-state index is 0.109. The van der Waals surface area contributed by atoms with Crippen molar-refractivity contribution in [2.45, 2.75) is 24.0 Å². The molecule has 230 valence electrons. The Hall–Kier alpha value is -3.23. The standard InChI is InChI=1S/C29H31F5N6O2S/c1-17(41)38-9-11-39(12-10-38)27-21-14-22(29(32,33)34)24(20-4-3-18(30)13-23(20)31)26-25(21)40(28(42)35-27)19(16-43-26)15-37-7-5-36(2)6-8-37/h3-4,13-14,19H,5-12,15-16H2,1-2H3. The van der Waals surface area contributed by atoms with Gasteiger partial charge in [0.25, 0.3) is 0 Å².